The van der Waals surface area contributed by atoms with Gasteiger partial charge in [0.25, 0.3) is 11.5 Å². The quantitative estimate of drug-likeness (QED) is 0.551. The molecule has 2 aromatic carbocycles. The van der Waals surface area contributed by atoms with Crippen LogP contribution in [0.4, 0.5) is 0 Å². The highest BCUT2D eigenvalue weighted by Gasteiger charge is 2.12. The molecule has 0 unspecified atom stereocenters. The van der Waals surface area contributed by atoms with Crippen LogP contribution in [0.25, 0.3) is 21.9 Å². The topological polar surface area (TPSA) is 85.4 Å². The maximum Gasteiger partial charge on any atom is 0.255 e. The third kappa shape index (κ3) is 4.40. The molecule has 3 N–H and O–H groups in total. The van der Waals surface area contributed by atoms with Crippen LogP contribution in [0.5, 0.6) is 5.75 Å². The van der Waals surface area contributed by atoms with Gasteiger partial charge in [-0.25, -0.2) is 0 Å². The third-order valence-electron chi connectivity index (χ3n) is 4.68. The lowest BCUT2D eigenvalue weighted by molar-refractivity contribution is 0.0953. The lowest BCUT2D eigenvalue weighted by Crippen LogP contribution is -2.25. The number of phenolic OH excluding ortho intramolecular Hbond substituents is 1. The normalized spacial score (nSPS) is 11.1. The number of amides is 1. The molecule has 0 bridgehead atoms. The second kappa shape index (κ2) is 8.71. The first-order valence-electron chi connectivity index (χ1n) is 9.34. The SMILES string of the molecule is CN(C)CCCCNC(=O)c1ccc(-c2c[nH]c(=O)c3cccc(O)c23)cc1. The van der Waals surface area contributed by atoms with Gasteiger partial charge in [-0.15, -0.1) is 0 Å². The number of benzene rings is 2. The second-order valence-electron chi connectivity index (χ2n) is 7.07. The summed E-state index contributed by atoms with van der Waals surface area (Å²) in [7, 11) is 4.07. The van der Waals surface area contributed by atoms with E-state index in [0.29, 0.717) is 28.4 Å². The van der Waals surface area contributed by atoms with E-state index in [4.69, 9.17) is 0 Å². The predicted molar refractivity (Wildman–Crippen MR) is 112 cm³/mol. The number of nitrogens with one attached hydrogen (secondary N) is 2. The molecule has 0 saturated heterocycles. The molecule has 6 nitrogen and oxygen atoms in total. The number of hydrogen-bond donors (Lipinski definition) is 3. The molecule has 0 radical (unpaired) electrons. The first kappa shape index (κ1) is 19.6. The standard InChI is InChI=1S/C22H25N3O3/c1-25(2)13-4-3-12-23-21(27)16-10-8-15(9-11-16)18-14-24-22(28)17-6-5-7-19(26)20(17)18/h5-11,14,26H,3-4,12-13H2,1-2H3,(H,23,27)(H,24,28). The minimum absolute atomic E-state index is 0.0538. The van der Waals surface area contributed by atoms with Gasteiger partial charge in [0.05, 0.1) is 5.39 Å². The summed E-state index contributed by atoms with van der Waals surface area (Å²) < 4.78 is 0. The number of unbranched alkanes of at least 4 members (excludes halogenated alkanes) is 1. The molecule has 28 heavy (non-hydrogen) atoms. The molecule has 6 heteroatoms. The molecular formula is C22H25N3O3. The first-order chi connectivity index (χ1) is 13.5. The van der Waals surface area contributed by atoms with Gasteiger partial charge >= 0.3 is 0 Å². The summed E-state index contributed by atoms with van der Waals surface area (Å²) in [5.74, 6) is -0.0521. The van der Waals surface area contributed by atoms with E-state index >= 15 is 0 Å². The number of hydrogen-bond acceptors (Lipinski definition) is 4. The van der Waals surface area contributed by atoms with E-state index in [1.807, 2.05) is 26.2 Å². The van der Waals surface area contributed by atoms with Crippen LogP contribution in [-0.4, -0.2) is 48.1 Å². The van der Waals surface area contributed by atoms with Gasteiger partial charge in [-0.05, 0) is 63.3 Å². The number of H-pyrrole nitrogens is 1. The van der Waals surface area contributed by atoms with Crippen LogP contribution in [-0.2, 0) is 0 Å². The molecule has 3 rings (SSSR count). The largest absolute Gasteiger partial charge is 0.507 e. The number of phenols is 1. The highest BCUT2D eigenvalue weighted by Crippen LogP contribution is 2.32. The van der Waals surface area contributed by atoms with E-state index in [0.717, 1.165) is 24.9 Å². The van der Waals surface area contributed by atoms with Crippen LogP contribution in [0, 0.1) is 0 Å². The molecule has 0 aliphatic carbocycles. The molecule has 0 aliphatic heterocycles. The van der Waals surface area contributed by atoms with Crippen molar-refractivity contribution in [3.05, 3.63) is 64.6 Å². The number of fused-ring (bicyclic) bond motifs is 1. The van der Waals surface area contributed by atoms with Crippen LogP contribution in [0.15, 0.2) is 53.5 Å². The molecule has 1 aromatic heterocycles. The van der Waals surface area contributed by atoms with Crippen molar-refractivity contribution in [1.29, 1.82) is 0 Å². The number of rotatable bonds is 7. The number of aromatic amines is 1. The lowest BCUT2D eigenvalue weighted by atomic mass is 9.99. The van der Waals surface area contributed by atoms with Gasteiger partial charge in [0.15, 0.2) is 0 Å². The molecular weight excluding hydrogens is 354 g/mol. The van der Waals surface area contributed by atoms with E-state index < -0.39 is 0 Å². The second-order valence-corrected chi connectivity index (χ2v) is 7.07. The molecule has 1 amide bonds. The van der Waals surface area contributed by atoms with Crippen molar-refractivity contribution in [3.63, 3.8) is 0 Å². The highest BCUT2D eigenvalue weighted by atomic mass is 16.3. The molecule has 1 heterocycles. The summed E-state index contributed by atoms with van der Waals surface area (Å²) in [6.45, 7) is 1.65. The van der Waals surface area contributed by atoms with Gasteiger partial charge in [-0.1, -0.05) is 18.2 Å². The van der Waals surface area contributed by atoms with E-state index in [2.05, 4.69) is 15.2 Å². The smallest absolute Gasteiger partial charge is 0.255 e. The Morgan fingerprint density at radius 1 is 1.11 bits per heavy atom. The Hall–Kier alpha value is -3.12. The maximum absolute atomic E-state index is 12.3. The van der Waals surface area contributed by atoms with Crippen molar-refractivity contribution in [2.24, 2.45) is 0 Å². The fraction of sp³-hybridized carbons (Fsp3) is 0.273. The van der Waals surface area contributed by atoms with E-state index in [1.165, 1.54) is 0 Å². The van der Waals surface area contributed by atoms with Gasteiger partial charge in [0.2, 0.25) is 0 Å². The minimum Gasteiger partial charge on any atom is -0.507 e. The Morgan fingerprint density at radius 3 is 2.57 bits per heavy atom. The van der Waals surface area contributed by atoms with Gasteiger partial charge < -0.3 is 20.3 Å². The summed E-state index contributed by atoms with van der Waals surface area (Å²) in [5, 5.41) is 14.1. The van der Waals surface area contributed by atoms with Crippen molar-refractivity contribution >= 4 is 16.7 Å². The number of aromatic nitrogens is 1. The molecule has 0 aliphatic rings. The van der Waals surface area contributed by atoms with Gasteiger partial charge in [0.1, 0.15) is 5.75 Å². The minimum atomic E-state index is -0.250. The van der Waals surface area contributed by atoms with Crippen molar-refractivity contribution in [3.8, 4) is 16.9 Å². The third-order valence-corrected chi connectivity index (χ3v) is 4.68. The van der Waals surface area contributed by atoms with Crippen molar-refractivity contribution < 1.29 is 9.90 Å². The van der Waals surface area contributed by atoms with Crippen LogP contribution < -0.4 is 10.9 Å². The zero-order chi connectivity index (χ0) is 20.1. The molecule has 3 aromatic rings. The predicted octanol–water partition coefficient (Wildman–Crippen LogP) is 2.97. The summed E-state index contributed by atoms with van der Waals surface area (Å²) in [5.41, 5.74) is 1.85. The Bertz CT molecular complexity index is 1020. The number of carbonyl (C=O) groups is 1. The molecule has 0 saturated carbocycles. The van der Waals surface area contributed by atoms with Crippen molar-refractivity contribution in [1.82, 2.24) is 15.2 Å². The Balaban J connectivity index is 1.75. The van der Waals surface area contributed by atoms with Crippen LogP contribution >= 0.6 is 0 Å². The Kier molecular flexibility index (Phi) is 6.11. The maximum atomic E-state index is 12.3. The van der Waals surface area contributed by atoms with Gasteiger partial charge in [-0.2, -0.15) is 0 Å². The van der Waals surface area contributed by atoms with Crippen LogP contribution in [0.1, 0.15) is 23.2 Å². The van der Waals surface area contributed by atoms with E-state index in [1.54, 1.807) is 36.5 Å². The van der Waals surface area contributed by atoms with E-state index in [-0.39, 0.29) is 17.2 Å². The Morgan fingerprint density at radius 2 is 1.86 bits per heavy atom. The van der Waals surface area contributed by atoms with E-state index in [9.17, 15) is 14.7 Å². The van der Waals surface area contributed by atoms with Crippen molar-refractivity contribution in [2.45, 2.75) is 12.8 Å². The summed E-state index contributed by atoms with van der Waals surface area (Å²) >= 11 is 0. The van der Waals surface area contributed by atoms with Crippen LogP contribution in [0.3, 0.4) is 0 Å². The fourth-order valence-electron chi connectivity index (χ4n) is 3.19. The fourth-order valence-corrected chi connectivity index (χ4v) is 3.19. The van der Waals surface area contributed by atoms with Gasteiger partial charge in [0, 0.05) is 29.3 Å². The lowest BCUT2D eigenvalue weighted by Gasteiger charge is -2.10. The number of nitrogens with zero attached hydrogens (tertiary/aromatic N) is 1. The number of carbonyl (C=O) groups excluding carboxylic acids is 1. The summed E-state index contributed by atoms with van der Waals surface area (Å²) in [6, 6.07) is 12.0. The zero-order valence-corrected chi connectivity index (χ0v) is 16.2. The molecule has 0 atom stereocenters. The highest BCUT2D eigenvalue weighted by molar-refractivity contribution is 6.00. The monoisotopic (exact) mass is 379 g/mol. The van der Waals surface area contributed by atoms with Crippen LogP contribution in [0.2, 0.25) is 0 Å². The average Bonchev–Trinajstić information content (AvgIpc) is 2.68. The number of aromatic hydroxyl groups is 1. The molecule has 146 valence electrons. The average molecular weight is 379 g/mol. The zero-order valence-electron chi connectivity index (χ0n) is 16.2. The molecule has 0 fully saturated rings. The molecule has 0 spiro atoms. The summed E-state index contributed by atoms with van der Waals surface area (Å²) in [4.78, 5) is 29.1. The Labute approximate surface area is 163 Å². The van der Waals surface area contributed by atoms with Crippen molar-refractivity contribution in [2.75, 3.05) is 27.2 Å². The number of pyridine rings is 1. The summed E-state index contributed by atoms with van der Waals surface area (Å²) in [6.07, 6.45) is 3.56. The first-order valence-corrected chi connectivity index (χ1v) is 9.34. The van der Waals surface area contributed by atoms with Gasteiger partial charge in [-0.3, -0.25) is 9.59 Å².